The average molecular weight is 283 g/mol. The molecular weight excluding hydrogens is 271 g/mol. The molecule has 0 atom stereocenters. The van der Waals surface area contributed by atoms with E-state index in [1.807, 2.05) is 0 Å². The van der Waals surface area contributed by atoms with Gasteiger partial charge in [0, 0.05) is 12.1 Å². The Morgan fingerprint density at radius 3 is 2.35 bits per heavy atom. The van der Waals surface area contributed by atoms with Crippen LogP contribution in [-0.2, 0) is 12.7 Å². The summed E-state index contributed by atoms with van der Waals surface area (Å²) in [6, 6.07) is 6.29. The third-order valence-corrected chi connectivity index (χ3v) is 2.80. The number of halogens is 3. The zero-order valence-electron chi connectivity index (χ0n) is 10.6. The van der Waals surface area contributed by atoms with Crippen molar-refractivity contribution in [3.8, 4) is 0 Å². The SMILES string of the molecule is Cc1ccoc1C(=O)NCc1ccc(C(F)(F)F)cc1. The molecule has 1 heterocycles. The Hall–Kier alpha value is -2.24. The maximum Gasteiger partial charge on any atom is 0.416 e. The molecule has 2 rings (SSSR count). The van der Waals surface area contributed by atoms with Gasteiger partial charge in [-0.1, -0.05) is 12.1 Å². The second-order valence-electron chi connectivity index (χ2n) is 4.31. The average Bonchev–Trinajstić information content (AvgIpc) is 2.82. The van der Waals surface area contributed by atoms with Gasteiger partial charge in [0.15, 0.2) is 5.76 Å². The van der Waals surface area contributed by atoms with Crippen LogP contribution in [0, 0.1) is 6.92 Å². The van der Waals surface area contributed by atoms with Crippen LogP contribution in [0.5, 0.6) is 0 Å². The molecule has 106 valence electrons. The van der Waals surface area contributed by atoms with Crippen molar-refractivity contribution in [2.45, 2.75) is 19.6 Å². The summed E-state index contributed by atoms with van der Waals surface area (Å²) >= 11 is 0. The zero-order valence-corrected chi connectivity index (χ0v) is 10.6. The highest BCUT2D eigenvalue weighted by Crippen LogP contribution is 2.29. The van der Waals surface area contributed by atoms with E-state index in [4.69, 9.17) is 4.42 Å². The fourth-order valence-electron chi connectivity index (χ4n) is 1.68. The first kappa shape index (κ1) is 14.2. The lowest BCUT2D eigenvalue weighted by molar-refractivity contribution is -0.137. The summed E-state index contributed by atoms with van der Waals surface area (Å²) in [5.74, 6) is -0.190. The van der Waals surface area contributed by atoms with Crippen LogP contribution >= 0.6 is 0 Å². The van der Waals surface area contributed by atoms with Crippen molar-refractivity contribution in [2.75, 3.05) is 0 Å². The van der Waals surface area contributed by atoms with E-state index in [1.165, 1.54) is 18.4 Å². The monoisotopic (exact) mass is 283 g/mol. The number of furan rings is 1. The van der Waals surface area contributed by atoms with Gasteiger partial charge in [0.05, 0.1) is 11.8 Å². The van der Waals surface area contributed by atoms with Crippen molar-refractivity contribution >= 4 is 5.91 Å². The summed E-state index contributed by atoms with van der Waals surface area (Å²) in [6.45, 7) is 1.87. The number of alkyl halides is 3. The Morgan fingerprint density at radius 1 is 1.20 bits per heavy atom. The molecule has 1 aromatic heterocycles. The molecule has 0 unspecified atom stereocenters. The zero-order chi connectivity index (χ0) is 14.8. The van der Waals surface area contributed by atoms with Crippen molar-refractivity contribution in [1.29, 1.82) is 0 Å². The molecule has 6 heteroatoms. The quantitative estimate of drug-likeness (QED) is 0.936. The number of amides is 1. The number of hydrogen-bond acceptors (Lipinski definition) is 2. The fourth-order valence-corrected chi connectivity index (χ4v) is 1.68. The summed E-state index contributed by atoms with van der Waals surface area (Å²) in [5.41, 5.74) is 0.569. The van der Waals surface area contributed by atoms with Gasteiger partial charge in [-0.2, -0.15) is 13.2 Å². The molecule has 0 aliphatic carbocycles. The van der Waals surface area contributed by atoms with Crippen LogP contribution in [0.25, 0.3) is 0 Å². The minimum absolute atomic E-state index is 0.136. The lowest BCUT2D eigenvalue weighted by atomic mass is 10.1. The van der Waals surface area contributed by atoms with Gasteiger partial charge in [-0.25, -0.2) is 0 Å². The molecule has 1 aromatic carbocycles. The summed E-state index contributed by atoms with van der Waals surface area (Å²) in [4.78, 5) is 11.7. The van der Waals surface area contributed by atoms with Gasteiger partial charge in [0.25, 0.3) is 5.91 Å². The number of hydrogen-bond donors (Lipinski definition) is 1. The topological polar surface area (TPSA) is 42.2 Å². The first-order chi connectivity index (χ1) is 9.38. The van der Waals surface area contributed by atoms with Crippen LogP contribution in [0.3, 0.4) is 0 Å². The highest BCUT2D eigenvalue weighted by Gasteiger charge is 2.29. The molecule has 3 nitrogen and oxygen atoms in total. The van der Waals surface area contributed by atoms with Crippen LogP contribution in [0.15, 0.2) is 41.0 Å². The fraction of sp³-hybridized carbons (Fsp3) is 0.214. The maximum atomic E-state index is 12.4. The van der Waals surface area contributed by atoms with E-state index >= 15 is 0 Å². The van der Waals surface area contributed by atoms with E-state index in [2.05, 4.69) is 5.32 Å². The molecule has 20 heavy (non-hydrogen) atoms. The largest absolute Gasteiger partial charge is 0.459 e. The summed E-state index contributed by atoms with van der Waals surface area (Å²) in [5, 5.41) is 2.59. The molecule has 0 saturated carbocycles. The second-order valence-corrected chi connectivity index (χ2v) is 4.31. The van der Waals surface area contributed by atoms with E-state index in [0.717, 1.165) is 12.1 Å². The minimum atomic E-state index is -4.35. The second kappa shape index (κ2) is 5.40. The van der Waals surface area contributed by atoms with Gasteiger partial charge in [-0.05, 0) is 30.7 Å². The van der Waals surface area contributed by atoms with Gasteiger partial charge >= 0.3 is 6.18 Å². The summed E-state index contributed by atoms with van der Waals surface area (Å²) in [7, 11) is 0. The van der Waals surface area contributed by atoms with Crippen LogP contribution in [0.4, 0.5) is 13.2 Å². The lowest BCUT2D eigenvalue weighted by Gasteiger charge is -2.08. The number of benzene rings is 1. The van der Waals surface area contributed by atoms with Crippen LogP contribution in [0.2, 0.25) is 0 Å². The number of carbonyl (C=O) groups excluding carboxylic acids is 1. The molecule has 0 spiro atoms. The first-order valence-electron chi connectivity index (χ1n) is 5.86. The molecule has 2 aromatic rings. The Kier molecular flexibility index (Phi) is 3.83. The third-order valence-electron chi connectivity index (χ3n) is 2.80. The lowest BCUT2D eigenvalue weighted by Crippen LogP contribution is -2.23. The first-order valence-corrected chi connectivity index (χ1v) is 5.86. The van der Waals surface area contributed by atoms with E-state index in [1.54, 1.807) is 13.0 Å². The van der Waals surface area contributed by atoms with E-state index in [-0.39, 0.29) is 12.3 Å². The van der Waals surface area contributed by atoms with Crippen molar-refractivity contribution in [3.63, 3.8) is 0 Å². The van der Waals surface area contributed by atoms with Crippen LogP contribution in [-0.4, -0.2) is 5.91 Å². The number of aryl methyl sites for hydroxylation is 1. The predicted molar refractivity (Wildman–Crippen MR) is 66.1 cm³/mol. The molecule has 0 bridgehead atoms. The standard InChI is InChI=1S/C14H12F3NO2/c1-9-6-7-20-12(9)13(19)18-8-10-2-4-11(5-3-10)14(15,16)17/h2-7H,8H2,1H3,(H,18,19). The van der Waals surface area contributed by atoms with Crippen molar-refractivity contribution < 1.29 is 22.4 Å². The molecule has 0 saturated heterocycles. The Labute approximate surface area is 113 Å². The third kappa shape index (κ3) is 3.20. The summed E-state index contributed by atoms with van der Waals surface area (Å²) < 4.78 is 42.2. The van der Waals surface area contributed by atoms with Gasteiger partial charge in [0.2, 0.25) is 0 Å². The highest BCUT2D eigenvalue weighted by molar-refractivity contribution is 5.92. The van der Waals surface area contributed by atoms with Crippen molar-refractivity contribution in [3.05, 3.63) is 59.0 Å². The van der Waals surface area contributed by atoms with Gasteiger partial charge in [0.1, 0.15) is 0 Å². The molecule has 0 aliphatic heterocycles. The van der Waals surface area contributed by atoms with E-state index in [9.17, 15) is 18.0 Å². The van der Waals surface area contributed by atoms with E-state index in [0.29, 0.717) is 11.1 Å². The van der Waals surface area contributed by atoms with Gasteiger partial charge in [-0.3, -0.25) is 4.79 Å². The molecule has 0 aliphatic rings. The number of nitrogens with one attached hydrogen (secondary N) is 1. The van der Waals surface area contributed by atoms with E-state index < -0.39 is 17.6 Å². The normalized spacial score (nSPS) is 11.4. The Balaban J connectivity index is 1.98. The maximum absolute atomic E-state index is 12.4. The molecule has 1 amide bonds. The number of rotatable bonds is 3. The van der Waals surface area contributed by atoms with Crippen LogP contribution in [0.1, 0.15) is 27.2 Å². The number of carbonyl (C=O) groups is 1. The molecule has 1 N–H and O–H groups in total. The minimum Gasteiger partial charge on any atom is -0.459 e. The smallest absolute Gasteiger partial charge is 0.416 e. The summed E-state index contributed by atoms with van der Waals surface area (Å²) in [6.07, 6.45) is -2.95. The predicted octanol–water partition coefficient (Wildman–Crippen LogP) is 3.54. The molecule has 0 radical (unpaired) electrons. The van der Waals surface area contributed by atoms with Crippen molar-refractivity contribution in [1.82, 2.24) is 5.32 Å². The van der Waals surface area contributed by atoms with Crippen LogP contribution < -0.4 is 5.32 Å². The van der Waals surface area contributed by atoms with Crippen molar-refractivity contribution in [2.24, 2.45) is 0 Å². The molecule has 0 fully saturated rings. The molecular formula is C14H12F3NO2. The van der Waals surface area contributed by atoms with Gasteiger partial charge in [-0.15, -0.1) is 0 Å². The Morgan fingerprint density at radius 2 is 1.85 bits per heavy atom. The van der Waals surface area contributed by atoms with Gasteiger partial charge < -0.3 is 9.73 Å². The highest BCUT2D eigenvalue weighted by atomic mass is 19.4. The Bertz CT molecular complexity index is 600.